The SMILES string of the molecule is CNCCCC(=O)NCc1csc(-c2ccco2)n1. The highest BCUT2D eigenvalue weighted by atomic mass is 32.1. The number of carbonyl (C=O) groups is 1. The number of carbonyl (C=O) groups excluding carboxylic acids is 1. The van der Waals surface area contributed by atoms with Gasteiger partial charge < -0.3 is 15.1 Å². The zero-order valence-corrected chi connectivity index (χ0v) is 11.6. The fourth-order valence-electron chi connectivity index (χ4n) is 1.60. The van der Waals surface area contributed by atoms with E-state index in [1.54, 1.807) is 6.26 Å². The van der Waals surface area contributed by atoms with Gasteiger partial charge in [0.05, 0.1) is 18.5 Å². The molecule has 2 heterocycles. The van der Waals surface area contributed by atoms with Gasteiger partial charge in [0, 0.05) is 11.8 Å². The molecule has 0 saturated heterocycles. The van der Waals surface area contributed by atoms with E-state index in [4.69, 9.17) is 4.42 Å². The molecule has 0 aromatic carbocycles. The van der Waals surface area contributed by atoms with Crippen molar-refractivity contribution in [3.8, 4) is 10.8 Å². The molecule has 0 aliphatic carbocycles. The summed E-state index contributed by atoms with van der Waals surface area (Å²) in [7, 11) is 1.88. The summed E-state index contributed by atoms with van der Waals surface area (Å²) in [6.45, 7) is 1.32. The third-order valence-corrected chi connectivity index (χ3v) is 3.49. The van der Waals surface area contributed by atoms with Crippen LogP contribution < -0.4 is 10.6 Å². The number of nitrogens with one attached hydrogen (secondary N) is 2. The summed E-state index contributed by atoms with van der Waals surface area (Å²) in [6.07, 6.45) is 3.01. The minimum absolute atomic E-state index is 0.0581. The van der Waals surface area contributed by atoms with E-state index < -0.39 is 0 Å². The highest BCUT2D eigenvalue weighted by Crippen LogP contribution is 2.23. The molecule has 0 aliphatic heterocycles. The van der Waals surface area contributed by atoms with Crippen LogP contribution in [0.15, 0.2) is 28.2 Å². The van der Waals surface area contributed by atoms with E-state index in [1.807, 2.05) is 24.6 Å². The standard InChI is InChI=1S/C13H17N3O2S/c1-14-6-2-5-12(17)15-8-10-9-19-13(16-10)11-4-3-7-18-11/h3-4,7,9,14H,2,5-6,8H2,1H3,(H,15,17). The number of hydrogen-bond donors (Lipinski definition) is 2. The number of rotatable bonds is 7. The fourth-order valence-corrected chi connectivity index (χ4v) is 2.39. The van der Waals surface area contributed by atoms with Crippen molar-refractivity contribution in [3.63, 3.8) is 0 Å². The molecule has 19 heavy (non-hydrogen) atoms. The molecule has 0 atom stereocenters. The number of aromatic nitrogens is 1. The smallest absolute Gasteiger partial charge is 0.220 e. The van der Waals surface area contributed by atoms with Crippen molar-refractivity contribution in [1.82, 2.24) is 15.6 Å². The minimum Gasteiger partial charge on any atom is -0.462 e. The second kappa shape index (κ2) is 7.06. The van der Waals surface area contributed by atoms with E-state index in [0.717, 1.165) is 29.4 Å². The Morgan fingerprint density at radius 2 is 2.42 bits per heavy atom. The molecule has 0 fully saturated rings. The summed E-state index contributed by atoms with van der Waals surface area (Å²) in [5.74, 6) is 0.819. The Labute approximate surface area is 116 Å². The van der Waals surface area contributed by atoms with E-state index in [9.17, 15) is 4.79 Å². The van der Waals surface area contributed by atoms with Crippen LogP contribution in [0, 0.1) is 0 Å². The van der Waals surface area contributed by atoms with E-state index >= 15 is 0 Å². The van der Waals surface area contributed by atoms with Crippen molar-refractivity contribution in [3.05, 3.63) is 29.5 Å². The molecule has 0 radical (unpaired) electrons. The maximum absolute atomic E-state index is 11.5. The third-order valence-electron chi connectivity index (χ3n) is 2.58. The molecule has 1 amide bonds. The molecule has 102 valence electrons. The lowest BCUT2D eigenvalue weighted by molar-refractivity contribution is -0.121. The molecule has 2 rings (SSSR count). The van der Waals surface area contributed by atoms with Gasteiger partial charge in [-0.1, -0.05) is 0 Å². The van der Waals surface area contributed by atoms with Crippen molar-refractivity contribution < 1.29 is 9.21 Å². The summed E-state index contributed by atoms with van der Waals surface area (Å²) in [5.41, 5.74) is 0.860. The van der Waals surface area contributed by atoms with Crippen molar-refractivity contribution in [2.75, 3.05) is 13.6 Å². The van der Waals surface area contributed by atoms with Gasteiger partial charge in [0.2, 0.25) is 5.91 Å². The maximum Gasteiger partial charge on any atom is 0.220 e. The van der Waals surface area contributed by atoms with Gasteiger partial charge in [-0.3, -0.25) is 4.79 Å². The highest BCUT2D eigenvalue weighted by Gasteiger charge is 2.08. The third kappa shape index (κ3) is 4.18. The Morgan fingerprint density at radius 3 is 3.16 bits per heavy atom. The summed E-state index contributed by atoms with van der Waals surface area (Å²) < 4.78 is 5.28. The lowest BCUT2D eigenvalue weighted by atomic mass is 10.3. The number of hydrogen-bond acceptors (Lipinski definition) is 5. The number of furan rings is 1. The Kier molecular flexibility index (Phi) is 5.11. The lowest BCUT2D eigenvalue weighted by Gasteiger charge is -2.02. The topological polar surface area (TPSA) is 67.2 Å². The summed E-state index contributed by atoms with van der Waals surface area (Å²) in [4.78, 5) is 16.0. The van der Waals surface area contributed by atoms with Crippen LogP contribution in [0.2, 0.25) is 0 Å². The van der Waals surface area contributed by atoms with Crippen molar-refractivity contribution in [1.29, 1.82) is 0 Å². The first kappa shape index (κ1) is 13.8. The van der Waals surface area contributed by atoms with Gasteiger partial charge in [-0.15, -0.1) is 11.3 Å². The molecule has 2 aromatic rings. The average molecular weight is 279 g/mol. The van der Waals surface area contributed by atoms with Gasteiger partial charge in [0.25, 0.3) is 0 Å². The molecule has 5 nitrogen and oxygen atoms in total. The van der Waals surface area contributed by atoms with Gasteiger partial charge >= 0.3 is 0 Å². The Bertz CT molecular complexity index is 508. The molecule has 2 N–H and O–H groups in total. The number of nitrogens with zero attached hydrogens (tertiary/aromatic N) is 1. The fraction of sp³-hybridized carbons (Fsp3) is 0.385. The van der Waals surface area contributed by atoms with Crippen molar-refractivity contribution in [2.24, 2.45) is 0 Å². The second-order valence-corrected chi connectivity index (χ2v) is 4.96. The van der Waals surface area contributed by atoms with Crippen LogP contribution in [0.4, 0.5) is 0 Å². The van der Waals surface area contributed by atoms with Crippen molar-refractivity contribution in [2.45, 2.75) is 19.4 Å². The first-order valence-electron chi connectivity index (χ1n) is 6.19. The predicted octanol–water partition coefficient (Wildman–Crippen LogP) is 2.02. The normalized spacial score (nSPS) is 10.6. The van der Waals surface area contributed by atoms with Crippen LogP contribution in [0.25, 0.3) is 10.8 Å². The van der Waals surface area contributed by atoms with Gasteiger partial charge in [-0.2, -0.15) is 0 Å². The quantitative estimate of drug-likeness (QED) is 0.761. The number of amides is 1. The van der Waals surface area contributed by atoms with E-state index in [2.05, 4.69) is 15.6 Å². The minimum atomic E-state index is 0.0581. The van der Waals surface area contributed by atoms with Gasteiger partial charge in [-0.05, 0) is 32.1 Å². The molecular weight excluding hydrogens is 262 g/mol. The molecule has 0 aliphatic rings. The van der Waals surface area contributed by atoms with E-state index in [1.165, 1.54) is 11.3 Å². The van der Waals surface area contributed by atoms with Gasteiger partial charge in [-0.25, -0.2) is 4.98 Å². The largest absolute Gasteiger partial charge is 0.462 e. The van der Waals surface area contributed by atoms with E-state index in [-0.39, 0.29) is 5.91 Å². The zero-order chi connectivity index (χ0) is 13.5. The van der Waals surface area contributed by atoms with Crippen LogP contribution >= 0.6 is 11.3 Å². The van der Waals surface area contributed by atoms with Crippen LogP contribution in [0.1, 0.15) is 18.5 Å². The summed E-state index contributed by atoms with van der Waals surface area (Å²) in [6, 6.07) is 3.71. The number of thiazole rings is 1. The Morgan fingerprint density at radius 1 is 1.53 bits per heavy atom. The monoisotopic (exact) mass is 279 g/mol. The maximum atomic E-state index is 11.5. The summed E-state index contributed by atoms with van der Waals surface area (Å²) in [5, 5.41) is 8.65. The Balaban J connectivity index is 1.79. The van der Waals surface area contributed by atoms with E-state index in [0.29, 0.717) is 13.0 Å². The first-order chi connectivity index (χ1) is 9.29. The van der Waals surface area contributed by atoms with Crippen LogP contribution in [0.5, 0.6) is 0 Å². The molecular formula is C13H17N3O2S. The molecule has 6 heteroatoms. The predicted molar refractivity (Wildman–Crippen MR) is 74.8 cm³/mol. The molecule has 0 spiro atoms. The van der Waals surface area contributed by atoms with Crippen LogP contribution in [-0.2, 0) is 11.3 Å². The van der Waals surface area contributed by atoms with Crippen molar-refractivity contribution >= 4 is 17.2 Å². The average Bonchev–Trinajstić information content (AvgIpc) is 3.07. The first-order valence-corrected chi connectivity index (χ1v) is 7.07. The summed E-state index contributed by atoms with van der Waals surface area (Å²) >= 11 is 1.51. The Hall–Kier alpha value is -1.66. The molecule has 0 saturated carbocycles. The van der Waals surface area contributed by atoms with Gasteiger partial charge in [0.15, 0.2) is 10.8 Å². The van der Waals surface area contributed by atoms with Crippen LogP contribution in [0.3, 0.4) is 0 Å². The highest BCUT2D eigenvalue weighted by molar-refractivity contribution is 7.13. The molecule has 0 unspecified atom stereocenters. The van der Waals surface area contributed by atoms with Gasteiger partial charge in [0.1, 0.15) is 0 Å². The molecule has 2 aromatic heterocycles. The second-order valence-electron chi connectivity index (χ2n) is 4.11. The molecule has 0 bridgehead atoms. The lowest BCUT2D eigenvalue weighted by Crippen LogP contribution is -2.23. The zero-order valence-electron chi connectivity index (χ0n) is 10.8. The van der Waals surface area contributed by atoms with Crippen LogP contribution in [-0.4, -0.2) is 24.5 Å².